The van der Waals surface area contributed by atoms with Gasteiger partial charge in [-0.05, 0) is 63.9 Å². The molecule has 4 heterocycles. The molecule has 2 amide bonds. The van der Waals surface area contributed by atoms with E-state index in [1.54, 1.807) is 73.1 Å². The van der Waals surface area contributed by atoms with Crippen LogP contribution in [0, 0.1) is 6.92 Å². The number of carbonyl (C=O) groups excluding carboxylic acids is 1. The van der Waals surface area contributed by atoms with Crippen LogP contribution in [0.5, 0.6) is 0 Å². The second kappa shape index (κ2) is 11.1. The molecule has 0 N–H and O–H groups in total. The van der Waals surface area contributed by atoms with E-state index in [9.17, 15) is 13.2 Å². The van der Waals surface area contributed by atoms with E-state index in [2.05, 4.69) is 15.0 Å². The van der Waals surface area contributed by atoms with Gasteiger partial charge in [-0.3, -0.25) is 14.9 Å². The van der Waals surface area contributed by atoms with E-state index in [1.807, 2.05) is 55.5 Å². The van der Waals surface area contributed by atoms with Gasteiger partial charge in [0.05, 0.1) is 44.5 Å². The first-order valence-corrected chi connectivity index (χ1v) is 16.7. The number of amides is 2. The maximum absolute atomic E-state index is 14.6. The molecule has 7 aromatic rings. The van der Waals surface area contributed by atoms with Gasteiger partial charge in [-0.15, -0.1) is 0 Å². The fourth-order valence-electron chi connectivity index (χ4n) is 6.11. The minimum atomic E-state index is -4.55. The Hall–Kier alpha value is -5.46. The molecular formula is C36H26ClN6O4S+. The summed E-state index contributed by atoms with van der Waals surface area (Å²) in [6, 6.07) is 26.0. The first kappa shape index (κ1) is 29.9. The smallest absolute Gasteiger partial charge is 0.305 e. The molecular weight excluding hydrogens is 648 g/mol. The van der Waals surface area contributed by atoms with Gasteiger partial charge in [0, 0.05) is 48.7 Å². The number of quaternary nitrogens is 1. The summed E-state index contributed by atoms with van der Waals surface area (Å²) in [6.45, 7) is 1.85. The number of carbonyl (C=O) groups is 1. The Morgan fingerprint density at radius 1 is 0.833 bits per heavy atom. The Labute approximate surface area is 280 Å². The number of halogens is 1. The second-order valence-electron chi connectivity index (χ2n) is 11.5. The van der Waals surface area contributed by atoms with Crippen molar-refractivity contribution < 1.29 is 17.5 Å². The van der Waals surface area contributed by atoms with Gasteiger partial charge in [0.25, 0.3) is 0 Å². The number of imidazole rings is 1. The molecule has 236 valence electrons. The van der Waals surface area contributed by atoms with Gasteiger partial charge in [-0.25, -0.2) is 9.78 Å². The summed E-state index contributed by atoms with van der Waals surface area (Å²) in [5.74, 6) is 0. The molecule has 0 saturated heterocycles. The molecule has 1 aliphatic rings. The Balaban J connectivity index is 1.40. The van der Waals surface area contributed by atoms with Gasteiger partial charge < -0.3 is 4.57 Å². The number of benzene rings is 4. The second-order valence-corrected chi connectivity index (χ2v) is 13.5. The zero-order chi connectivity index (χ0) is 33.2. The third-order valence-corrected chi connectivity index (χ3v) is 10.1. The van der Waals surface area contributed by atoms with Gasteiger partial charge in [0.2, 0.25) is 5.69 Å². The molecule has 12 heteroatoms. The van der Waals surface area contributed by atoms with Gasteiger partial charge >= 0.3 is 16.1 Å². The summed E-state index contributed by atoms with van der Waals surface area (Å²) in [7, 11) is -2.99. The largest absolute Gasteiger partial charge is 0.468 e. The molecule has 0 saturated carbocycles. The third kappa shape index (κ3) is 4.67. The van der Waals surface area contributed by atoms with E-state index in [-0.39, 0.29) is 21.3 Å². The first-order valence-electron chi connectivity index (χ1n) is 14.9. The molecule has 0 bridgehead atoms. The van der Waals surface area contributed by atoms with Crippen LogP contribution in [0.2, 0.25) is 5.02 Å². The molecule has 0 aliphatic carbocycles. The number of hydrogen-bond donors (Lipinski definition) is 0. The SMILES string of the molecule is Cc1ccc(S(=O)(=O)O[N+]2(c3ccc(-n4ccnc4)c(Cl)c3)C(=O)N(C)c3cnc4ccc(-c5cnc6ccccc6c5)cc4c32)cc1. The molecule has 0 spiro atoms. The van der Waals surface area contributed by atoms with Crippen molar-refractivity contribution in [2.45, 2.75) is 11.8 Å². The van der Waals surface area contributed by atoms with Crippen molar-refractivity contribution in [1.29, 1.82) is 0 Å². The highest BCUT2D eigenvalue weighted by atomic mass is 35.5. The average molecular weight is 674 g/mol. The highest BCUT2D eigenvalue weighted by Gasteiger charge is 2.60. The standard InChI is InChI=1S/C36H26ClN6O4S/c1-23-7-11-28(12-8-23)48(45,46)47-43(27-10-14-33(30(37)19-27)42-16-15-38-22-42)35-29-18-24(26-17-25-5-3-4-6-31(25)39-20-26)9-13-32(29)40-21-34(35)41(2)36(43)44/h3-22H,1-2H3/q+1. The number of aryl methyl sites for hydroxylation is 1. The Morgan fingerprint density at radius 3 is 2.40 bits per heavy atom. The van der Waals surface area contributed by atoms with E-state index in [4.69, 9.17) is 15.9 Å². The Kier molecular flexibility index (Phi) is 6.90. The Morgan fingerprint density at radius 2 is 1.62 bits per heavy atom. The fourth-order valence-corrected chi connectivity index (χ4v) is 7.46. The maximum Gasteiger partial charge on any atom is 0.468 e. The number of hydrogen-bond acceptors (Lipinski definition) is 7. The van der Waals surface area contributed by atoms with Gasteiger partial charge in [-0.1, -0.05) is 53.6 Å². The predicted molar refractivity (Wildman–Crippen MR) is 186 cm³/mol. The van der Waals surface area contributed by atoms with Crippen molar-refractivity contribution in [2.24, 2.45) is 0 Å². The van der Waals surface area contributed by atoms with Crippen LogP contribution < -0.4 is 9.55 Å². The summed E-state index contributed by atoms with van der Waals surface area (Å²) in [6.07, 6.45) is 8.28. The van der Waals surface area contributed by atoms with Gasteiger partial charge in [-0.2, -0.15) is 8.42 Å². The number of aromatic nitrogens is 4. The van der Waals surface area contributed by atoms with Crippen LogP contribution in [0.3, 0.4) is 0 Å². The third-order valence-electron chi connectivity index (χ3n) is 8.57. The van der Waals surface area contributed by atoms with Crippen LogP contribution in [-0.2, 0) is 14.4 Å². The minimum Gasteiger partial charge on any atom is -0.305 e. The summed E-state index contributed by atoms with van der Waals surface area (Å²) >= 11 is 6.84. The number of hydroxylamine groups is 1. The number of nitrogens with zero attached hydrogens (tertiary/aromatic N) is 6. The van der Waals surface area contributed by atoms with E-state index < -0.39 is 20.8 Å². The van der Waals surface area contributed by atoms with Crippen molar-refractivity contribution >= 4 is 66.6 Å². The number of para-hydroxylation sites is 1. The molecule has 1 aliphatic heterocycles. The topological polar surface area (TPSA) is 107 Å². The highest BCUT2D eigenvalue weighted by Crippen LogP contribution is 2.53. The average Bonchev–Trinajstić information content (AvgIpc) is 3.70. The zero-order valence-electron chi connectivity index (χ0n) is 25.6. The molecule has 48 heavy (non-hydrogen) atoms. The fraction of sp³-hybridized carbons (Fsp3) is 0.0556. The van der Waals surface area contributed by atoms with Crippen molar-refractivity contribution in [3.63, 3.8) is 0 Å². The summed E-state index contributed by atoms with van der Waals surface area (Å²) < 4.78 is 35.1. The van der Waals surface area contributed by atoms with Crippen LogP contribution >= 0.6 is 11.6 Å². The van der Waals surface area contributed by atoms with Gasteiger partial charge in [0.1, 0.15) is 5.69 Å². The van der Waals surface area contributed by atoms with Crippen LogP contribution in [-0.4, -0.2) is 41.0 Å². The summed E-state index contributed by atoms with van der Waals surface area (Å²) in [5.41, 5.74) is 5.34. The summed E-state index contributed by atoms with van der Waals surface area (Å²) in [5, 5.41) is 1.74. The van der Waals surface area contributed by atoms with Crippen LogP contribution in [0.1, 0.15) is 5.56 Å². The number of anilines is 1. The van der Waals surface area contributed by atoms with Crippen molar-refractivity contribution in [2.75, 3.05) is 11.9 Å². The van der Waals surface area contributed by atoms with Crippen molar-refractivity contribution in [3.8, 4) is 16.8 Å². The van der Waals surface area contributed by atoms with E-state index >= 15 is 0 Å². The lowest BCUT2D eigenvalue weighted by molar-refractivity contribution is 0.0639. The number of fused-ring (bicyclic) bond motifs is 4. The molecule has 8 rings (SSSR count). The molecule has 3 aromatic heterocycles. The van der Waals surface area contributed by atoms with Crippen LogP contribution in [0.4, 0.5) is 21.9 Å². The lowest BCUT2D eigenvalue weighted by atomic mass is 10.0. The van der Waals surface area contributed by atoms with E-state index in [0.717, 1.165) is 27.6 Å². The van der Waals surface area contributed by atoms with Crippen LogP contribution in [0.25, 0.3) is 38.6 Å². The molecule has 1 unspecified atom stereocenters. The maximum atomic E-state index is 14.6. The van der Waals surface area contributed by atoms with Crippen molar-refractivity contribution in [3.05, 3.63) is 133 Å². The molecule has 0 radical (unpaired) electrons. The van der Waals surface area contributed by atoms with E-state index in [1.165, 1.54) is 17.0 Å². The molecule has 1 atom stereocenters. The first-order chi connectivity index (χ1) is 23.2. The van der Waals surface area contributed by atoms with Crippen LogP contribution in [0.15, 0.2) is 127 Å². The highest BCUT2D eigenvalue weighted by molar-refractivity contribution is 7.86. The monoisotopic (exact) mass is 673 g/mol. The van der Waals surface area contributed by atoms with Crippen molar-refractivity contribution in [1.82, 2.24) is 24.2 Å². The van der Waals surface area contributed by atoms with Gasteiger partial charge in [0.15, 0.2) is 5.69 Å². The summed E-state index contributed by atoms with van der Waals surface area (Å²) in [4.78, 5) is 29.3. The molecule has 4 aromatic carbocycles. The lowest BCUT2D eigenvalue weighted by Crippen LogP contribution is -2.51. The number of pyridine rings is 2. The quantitative estimate of drug-likeness (QED) is 0.164. The van der Waals surface area contributed by atoms with E-state index in [0.29, 0.717) is 22.3 Å². The predicted octanol–water partition coefficient (Wildman–Crippen LogP) is 8.13. The Bertz CT molecular complexity index is 2520. The lowest BCUT2D eigenvalue weighted by Gasteiger charge is -2.27. The number of rotatable bonds is 6. The molecule has 0 fully saturated rings. The zero-order valence-corrected chi connectivity index (χ0v) is 27.2. The number of urea groups is 1. The normalized spacial score (nSPS) is 16.1. The minimum absolute atomic E-state index is 0.100. The molecule has 10 nitrogen and oxygen atoms in total.